The Balaban J connectivity index is 1.44. The average molecular weight is 411 g/mol. The number of hydrogen-bond donors (Lipinski definition) is 1. The molecule has 6 heteroatoms. The van der Waals surface area contributed by atoms with E-state index >= 15 is 0 Å². The molecule has 1 fully saturated rings. The fraction of sp³-hybridized carbons (Fsp3) is 0.417. The standard InChI is InChI=1S/C24H30N2O4/c1-18(27)21-9-5-7-19(13-21)15-26-12-6-8-20(16-26)14-25-24(28)17-30-23-11-4-3-10-22(23)29-2/h3-5,7,9-11,13,20H,6,8,12,14-17H2,1-2H3,(H,25,28)/t20-/m1/s1. The van der Waals surface area contributed by atoms with E-state index in [0.29, 0.717) is 24.0 Å². The SMILES string of the molecule is COc1ccccc1OCC(=O)NC[C@H]1CCCN(Cc2cccc(C(C)=O)c2)C1. The van der Waals surface area contributed by atoms with Gasteiger partial charge in [-0.2, -0.15) is 0 Å². The second kappa shape index (κ2) is 10.8. The highest BCUT2D eigenvalue weighted by Crippen LogP contribution is 2.25. The number of piperidine rings is 1. The van der Waals surface area contributed by atoms with E-state index in [-0.39, 0.29) is 18.3 Å². The summed E-state index contributed by atoms with van der Waals surface area (Å²) in [6, 6.07) is 15.1. The summed E-state index contributed by atoms with van der Waals surface area (Å²) in [6.07, 6.45) is 2.20. The van der Waals surface area contributed by atoms with Crippen molar-refractivity contribution in [3.8, 4) is 11.5 Å². The van der Waals surface area contributed by atoms with E-state index in [1.54, 1.807) is 26.2 Å². The van der Waals surface area contributed by atoms with Gasteiger partial charge in [0.1, 0.15) is 0 Å². The van der Waals surface area contributed by atoms with Crippen molar-refractivity contribution in [1.82, 2.24) is 10.2 Å². The van der Waals surface area contributed by atoms with Crippen LogP contribution in [0.2, 0.25) is 0 Å². The van der Waals surface area contributed by atoms with Gasteiger partial charge in [0, 0.05) is 25.2 Å². The molecule has 1 aliphatic heterocycles. The summed E-state index contributed by atoms with van der Waals surface area (Å²) in [6.45, 7) is 4.98. The highest BCUT2D eigenvalue weighted by molar-refractivity contribution is 5.94. The molecule has 0 unspecified atom stereocenters. The summed E-state index contributed by atoms with van der Waals surface area (Å²) in [5.41, 5.74) is 1.90. The van der Waals surface area contributed by atoms with Crippen LogP contribution in [0.3, 0.4) is 0 Å². The number of benzene rings is 2. The first-order valence-electron chi connectivity index (χ1n) is 10.4. The van der Waals surface area contributed by atoms with E-state index in [1.807, 2.05) is 30.3 Å². The molecular formula is C24H30N2O4. The summed E-state index contributed by atoms with van der Waals surface area (Å²) in [5.74, 6) is 1.54. The maximum atomic E-state index is 12.2. The van der Waals surface area contributed by atoms with Crippen molar-refractivity contribution in [3.05, 3.63) is 59.7 Å². The van der Waals surface area contributed by atoms with Crippen molar-refractivity contribution in [2.75, 3.05) is 33.4 Å². The van der Waals surface area contributed by atoms with Crippen molar-refractivity contribution < 1.29 is 19.1 Å². The van der Waals surface area contributed by atoms with Gasteiger partial charge in [-0.3, -0.25) is 14.5 Å². The number of carbonyl (C=O) groups excluding carboxylic acids is 2. The van der Waals surface area contributed by atoms with Crippen molar-refractivity contribution in [2.45, 2.75) is 26.3 Å². The van der Waals surface area contributed by atoms with Gasteiger partial charge in [0.25, 0.3) is 5.91 Å². The zero-order chi connectivity index (χ0) is 21.3. The highest BCUT2D eigenvalue weighted by atomic mass is 16.5. The van der Waals surface area contributed by atoms with Gasteiger partial charge in [-0.05, 0) is 56.0 Å². The Morgan fingerprint density at radius 2 is 1.93 bits per heavy atom. The molecule has 1 aliphatic rings. The average Bonchev–Trinajstić information content (AvgIpc) is 2.77. The van der Waals surface area contributed by atoms with Crippen LogP contribution in [0.15, 0.2) is 48.5 Å². The highest BCUT2D eigenvalue weighted by Gasteiger charge is 2.21. The van der Waals surface area contributed by atoms with E-state index in [0.717, 1.165) is 43.6 Å². The number of amides is 1. The molecule has 0 aromatic heterocycles. The van der Waals surface area contributed by atoms with Crippen molar-refractivity contribution in [2.24, 2.45) is 5.92 Å². The quantitative estimate of drug-likeness (QED) is 0.643. The van der Waals surface area contributed by atoms with Gasteiger partial charge in [-0.15, -0.1) is 0 Å². The first-order chi connectivity index (χ1) is 14.5. The minimum Gasteiger partial charge on any atom is -0.493 e. The monoisotopic (exact) mass is 410 g/mol. The van der Waals surface area contributed by atoms with Crippen LogP contribution in [-0.4, -0.2) is 49.9 Å². The zero-order valence-electron chi connectivity index (χ0n) is 17.7. The third-order valence-electron chi connectivity index (χ3n) is 5.36. The van der Waals surface area contributed by atoms with Crippen LogP contribution in [0.1, 0.15) is 35.7 Å². The fourth-order valence-electron chi connectivity index (χ4n) is 3.80. The molecule has 3 rings (SSSR count). The normalized spacial score (nSPS) is 16.7. The number of ketones is 1. The number of carbonyl (C=O) groups is 2. The smallest absolute Gasteiger partial charge is 0.257 e. The Hall–Kier alpha value is -2.86. The third-order valence-corrected chi connectivity index (χ3v) is 5.36. The largest absolute Gasteiger partial charge is 0.493 e. The van der Waals surface area contributed by atoms with Gasteiger partial charge < -0.3 is 14.8 Å². The molecule has 1 atom stereocenters. The van der Waals surface area contributed by atoms with E-state index in [1.165, 1.54) is 0 Å². The number of nitrogens with zero attached hydrogens (tertiary/aromatic N) is 1. The van der Waals surface area contributed by atoms with Gasteiger partial charge in [-0.25, -0.2) is 0 Å². The Morgan fingerprint density at radius 3 is 2.70 bits per heavy atom. The van der Waals surface area contributed by atoms with E-state index in [9.17, 15) is 9.59 Å². The van der Waals surface area contributed by atoms with Crippen LogP contribution >= 0.6 is 0 Å². The maximum Gasteiger partial charge on any atom is 0.257 e. The van der Waals surface area contributed by atoms with Gasteiger partial charge in [0.05, 0.1) is 7.11 Å². The van der Waals surface area contributed by atoms with Gasteiger partial charge in [0.15, 0.2) is 23.9 Å². The van der Waals surface area contributed by atoms with E-state index in [4.69, 9.17) is 9.47 Å². The fourth-order valence-corrected chi connectivity index (χ4v) is 3.80. The van der Waals surface area contributed by atoms with Gasteiger partial charge in [-0.1, -0.05) is 30.3 Å². The zero-order valence-corrected chi connectivity index (χ0v) is 17.7. The molecule has 0 spiro atoms. The Kier molecular flexibility index (Phi) is 7.85. The van der Waals surface area contributed by atoms with Crippen molar-refractivity contribution in [3.63, 3.8) is 0 Å². The predicted octanol–water partition coefficient (Wildman–Crippen LogP) is 3.31. The molecule has 2 aromatic carbocycles. The number of hydrogen-bond acceptors (Lipinski definition) is 5. The summed E-state index contributed by atoms with van der Waals surface area (Å²) in [4.78, 5) is 26.2. The summed E-state index contributed by atoms with van der Waals surface area (Å²) >= 11 is 0. The molecule has 2 aromatic rings. The summed E-state index contributed by atoms with van der Waals surface area (Å²) < 4.78 is 10.8. The molecule has 0 aliphatic carbocycles. The number of rotatable bonds is 9. The minimum absolute atomic E-state index is 0.0331. The lowest BCUT2D eigenvalue weighted by Crippen LogP contribution is -2.41. The Bertz CT molecular complexity index is 868. The summed E-state index contributed by atoms with van der Waals surface area (Å²) in [5, 5.41) is 2.99. The second-order valence-corrected chi connectivity index (χ2v) is 7.74. The molecule has 160 valence electrons. The van der Waals surface area contributed by atoms with Crippen LogP contribution in [-0.2, 0) is 11.3 Å². The molecule has 0 saturated carbocycles. The number of para-hydroxylation sites is 2. The van der Waals surface area contributed by atoms with Gasteiger partial charge >= 0.3 is 0 Å². The van der Waals surface area contributed by atoms with Crippen LogP contribution < -0.4 is 14.8 Å². The Morgan fingerprint density at radius 1 is 1.13 bits per heavy atom. The Labute approximate surface area is 178 Å². The lowest BCUT2D eigenvalue weighted by molar-refractivity contribution is -0.123. The summed E-state index contributed by atoms with van der Waals surface area (Å²) in [7, 11) is 1.58. The number of nitrogens with one attached hydrogen (secondary N) is 1. The molecule has 1 heterocycles. The first kappa shape index (κ1) is 21.8. The number of methoxy groups -OCH3 is 1. The lowest BCUT2D eigenvalue weighted by atomic mass is 9.97. The number of ether oxygens (including phenoxy) is 2. The first-order valence-corrected chi connectivity index (χ1v) is 10.4. The molecule has 0 radical (unpaired) electrons. The van der Waals surface area contributed by atoms with Crippen LogP contribution in [0, 0.1) is 5.92 Å². The molecular weight excluding hydrogens is 380 g/mol. The van der Waals surface area contributed by atoms with E-state index in [2.05, 4.69) is 16.3 Å². The lowest BCUT2D eigenvalue weighted by Gasteiger charge is -2.33. The van der Waals surface area contributed by atoms with Crippen LogP contribution in [0.4, 0.5) is 0 Å². The molecule has 0 bridgehead atoms. The van der Waals surface area contributed by atoms with Crippen LogP contribution in [0.5, 0.6) is 11.5 Å². The third kappa shape index (κ3) is 6.32. The molecule has 1 amide bonds. The second-order valence-electron chi connectivity index (χ2n) is 7.74. The minimum atomic E-state index is -0.132. The van der Waals surface area contributed by atoms with Crippen LogP contribution in [0.25, 0.3) is 0 Å². The number of likely N-dealkylation sites (tertiary alicyclic amines) is 1. The maximum absolute atomic E-state index is 12.2. The topological polar surface area (TPSA) is 67.9 Å². The molecule has 1 N–H and O–H groups in total. The molecule has 6 nitrogen and oxygen atoms in total. The molecule has 1 saturated heterocycles. The number of Topliss-reactive ketones (excluding diaryl/α,β-unsaturated/α-hetero) is 1. The molecule has 30 heavy (non-hydrogen) atoms. The van der Waals surface area contributed by atoms with Gasteiger partial charge in [0.2, 0.25) is 0 Å². The van der Waals surface area contributed by atoms with Crippen molar-refractivity contribution >= 4 is 11.7 Å². The predicted molar refractivity (Wildman–Crippen MR) is 116 cm³/mol. The van der Waals surface area contributed by atoms with E-state index < -0.39 is 0 Å². The van der Waals surface area contributed by atoms with Crippen molar-refractivity contribution in [1.29, 1.82) is 0 Å².